The van der Waals surface area contributed by atoms with E-state index in [0.29, 0.717) is 18.1 Å². The van der Waals surface area contributed by atoms with Crippen molar-refractivity contribution in [3.8, 4) is 0 Å². The van der Waals surface area contributed by atoms with Crippen LogP contribution in [0.2, 0.25) is 0 Å². The molecular formula is C17H20N2O5S2. The minimum absolute atomic E-state index is 0.0712. The average molecular weight is 396 g/mol. The zero-order valence-corrected chi connectivity index (χ0v) is 15.7. The summed E-state index contributed by atoms with van der Waals surface area (Å²) >= 11 is 1.32. The van der Waals surface area contributed by atoms with Crippen LogP contribution in [0.1, 0.15) is 18.4 Å². The number of thioether (sulfide) groups is 1. The normalized spacial score (nSPS) is 25.4. The van der Waals surface area contributed by atoms with Crippen molar-refractivity contribution in [1.29, 1.82) is 0 Å². The summed E-state index contributed by atoms with van der Waals surface area (Å²) in [6.07, 6.45) is 0.304. The van der Waals surface area contributed by atoms with Gasteiger partial charge in [0.05, 0.1) is 24.0 Å². The number of carbonyl (C=O) groups excluding carboxylic acids is 1. The zero-order chi connectivity index (χ0) is 18.7. The minimum atomic E-state index is -3.07. The van der Waals surface area contributed by atoms with Crippen LogP contribution in [-0.4, -0.2) is 64.8 Å². The molecule has 2 atom stereocenters. The Morgan fingerprint density at radius 3 is 2.62 bits per heavy atom. The van der Waals surface area contributed by atoms with E-state index in [-0.39, 0.29) is 35.6 Å². The van der Waals surface area contributed by atoms with E-state index in [2.05, 4.69) is 4.99 Å². The van der Waals surface area contributed by atoms with Gasteiger partial charge in [-0.05, 0) is 12.0 Å². The zero-order valence-electron chi connectivity index (χ0n) is 14.1. The molecule has 140 valence electrons. The van der Waals surface area contributed by atoms with Gasteiger partial charge in [0.25, 0.3) is 0 Å². The van der Waals surface area contributed by atoms with E-state index >= 15 is 0 Å². The van der Waals surface area contributed by atoms with Crippen LogP contribution in [0.4, 0.5) is 0 Å². The van der Waals surface area contributed by atoms with Crippen molar-refractivity contribution in [2.45, 2.75) is 30.6 Å². The quantitative estimate of drug-likeness (QED) is 0.770. The number of amidine groups is 1. The van der Waals surface area contributed by atoms with E-state index in [1.54, 1.807) is 0 Å². The van der Waals surface area contributed by atoms with Crippen molar-refractivity contribution in [3.63, 3.8) is 0 Å². The lowest BCUT2D eigenvalue weighted by Gasteiger charge is -2.24. The van der Waals surface area contributed by atoms with Gasteiger partial charge in [0.1, 0.15) is 0 Å². The fourth-order valence-corrected chi connectivity index (χ4v) is 7.16. The predicted octanol–water partition coefficient (Wildman–Crippen LogP) is 1.19. The summed E-state index contributed by atoms with van der Waals surface area (Å²) in [5.41, 5.74) is 1.12. The SMILES string of the molecule is O=C(O)CCC(=O)N=C1S[C@H]2CS(=O)(=O)C[C@H]2N1CCc1ccccc1. The van der Waals surface area contributed by atoms with Gasteiger partial charge in [0, 0.05) is 18.2 Å². The maximum absolute atomic E-state index is 12.0. The van der Waals surface area contributed by atoms with Gasteiger partial charge in [-0.1, -0.05) is 42.1 Å². The predicted molar refractivity (Wildman–Crippen MR) is 100.0 cm³/mol. The first-order chi connectivity index (χ1) is 12.3. The molecule has 3 rings (SSSR count). The second kappa shape index (κ2) is 7.79. The number of fused-ring (bicyclic) bond motifs is 1. The molecule has 26 heavy (non-hydrogen) atoms. The molecule has 2 saturated heterocycles. The van der Waals surface area contributed by atoms with Crippen LogP contribution in [0, 0.1) is 0 Å². The van der Waals surface area contributed by atoms with Crippen molar-refractivity contribution in [2.24, 2.45) is 4.99 Å². The number of nitrogens with zero attached hydrogens (tertiary/aromatic N) is 2. The molecule has 0 aliphatic carbocycles. The molecule has 2 aliphatic heterocycles. The molecule has 7 nitrogen and oxygen atoms in total. The number of rotatable bonds is 6. The van der Waals surface area contributed by atoms with Crippen LogP contribution in [0.15, 0.2) is 35.3 Å². The van der Waals surface area contributed by atoms with Gasteiger partial charge in [-0.15, -0.1) is 0 Å². The minimum Gasteiger partial charge on any atom is -0.481 e. The molecule has 0 saturated carbocycles. The molecule has 1 aromatic rings. The Morgan fingerprint density at radius 1 is 1.19 bits per heavy atom. The summed E-state index contributed by atoms with van der Waals surface area (Å²) in [7, 11) is -3.07. The largest absolute Gasteiger partial charge is 0.481 e. The fourth-order valence-electron chi connectivity index (χ4n) is 3.17. The summed E-state index contributed by atoms with van der Waals surface area (Å²) in [6, 6.07) is 9.65. The number of sulfone groups is 1. The number of aliphatic imine (C=N–C) groups is 1. The Morgan fingerprint density at radius 2 is 1.92 bits per heavy atom. The Kier molecular flexibility index (Phi) is 5.67. The van der Waals surface area contributed by atoms with Crippen molar-refractivity contribution in [3.05, 3.63) is 35.9 Å². The highest BCUT2D eigenvalue weighted by Gasteiger charge is 2.48. The summed E-state index contributed by atoms with van der Waals surface area (Å²) in [6.45, 7) is 0.568. The molecule has 0 radical (unpaired) electrons. The van der Waals surface area contributed by atoms with E-state index in [9.17, 15) is 18.0 Å². The molecule has 1 aromatic carbocycles. The van der Waals surface area contributed by atoms with E-state index < -0.39 is 21.7 Å². The van der Waals surface area contributed by atoms with Crippen molar-refractivity contribution in [2.75, 3.05) is 18.1 Å². The van der Waals surface area contributed by atoms with Crippen molar-refractivity contribution in [1.82, 2.24) is 4.90 Å². The van der Waals surface area contributed by atoms with Crippen molar-refractivity contribution < 1.29 is 23.1 Å². The molecule has 0 spiro atoms. The first-order valence-corrected chi connectivity index (χ1v) is 11.0. The summed E-state index contributed by atoms with van der Waals surface area (Å²) in [5, 5.41) is 9.08. The number of carboxylic acids is 1. The van der Waals surface area contributed by atoms with Crippen molar-refractivity contribution >= 4 is 38.6 Å². The maximum Gasteiger partial charge on any atom is 0.303 e. The molecule has 1 N–H and O–H groups in total. The molecule has 0 aromatic heterocycles. The Balaban J connectivity index is 1.74. The average Bonchev–Trinajstić information content (AvgIpc) is 3.03. The van der Waals surface area contributed by atoms with Gasteiger partial charge in [-0.2, -0.15) is 4.99 Å². The van der Waals surface area contributed by atoms with E-state index in [1.807, 2.05) is 35.2 Å². The lowest BCUT2D eigenvalue weighted by atomic mass is 10.1. The van der Waals surface area contributed by atoms with Gasteiger partial charge < -0.3 is 10.0 Å². The summed E-state index contributed by atoms with van der Waals surface area (Å²) in [4.78, 5) is 28.6. The number of aliphatic carboxylic acids is 1. The van der Waals surface area contributed by atoms with E-state index in [1.165, 1.54) is 11.8 Å². The lowest BCUT2D eigenvalue weighted by Crippen LogP contribution is -2.39. The summed E-state index contributed by atoms with van der Waals surface area (Å²) < 4.78 is 23.9. The molecular weight excluding hydrogens is 376 g/mol. The second-order valence-corrected chi connectivity index (χ2v) is 9.77. The third-order valence-electron chi connectivity index (χ3n) is 4.43. The summed E-state index contributed by atoms with van der Waals surface area (Å²) in [5.74, 6) is -1.36. The lowest BCUT2D eigenvalue weighted by molar-refractivity contribution is -0.138. The smallest absolute Gasteiger partial charge is 0.303 e. The molecule has 0 unspecified atom stereocenters. The molecule has 2 aliphatic rings. The van der Waals surface area contributed by atoms with Crippen LogP contribution >= 0.6 is 11.8 Å². The highest BCUT2D eigenvalue weighted by atomic mass is 32.2. The van der Waals surface area contributed by atoms with E-state index in [4.69, 9.17) is 5.11 Å². The Labute approximate surface area is 156 Å². The highest BCUT2D eigenvalue weighted by molar-refractivity contribution is 8.15. The third-order valence-corrected chi connectivity index (χ3v) is 7.68. The molecule has 2 heterocycles. The van der Waals surface area contributed by atoms with Gasteiger partial charge in [-0.3, -0.25) is 9.59 Å². The number of benzene rings is 1. The number of carboxylic acid groups (broad SMARTS) is 1. The molecule has 2 fully saturated rings. The molecule has 0 bridgehead atoms. The fraction of sp³-hybridized carbons (Fsp3) is 0.471. The van der Waals surface area contributed by atoms with Gasteiger partial charge >= 0.3 is 5.97 Å². The topological polar surface area (TPSA) is 104 Å². The van der Waals surface area contributed by atoms with Gasteiger partial charge in [0.2, 0.25) is 5.91 Å². The first kappa shape index (κ1) is 18.9. The highest BCUT2D eigenvalue weighted by Crippen LogP contribution is 2.38. The number of hydrogen-bond donors (Lipinski definition) is 1. The number of hydrogen-bond acceptors (Lipinski definition) is 5. The van der Waals surface area contributed by atoms with Crippen LogP contribution < -0.4 is 0 Å². The number of amides is 1. The third kappa shape index (κ3) is 4.64. The molecule has 1 amide bonds. The van der Waals surface area contributed by atoms with Crippen LogP contribution in [0.5, 0.6) is 0 Å². The van der Waals surface area contributed by atoms with Crippen LogP contribution in [-0.2, 0) is 25.8 Å². The van der Waals surface area contributed by atoms with Crippen LogP contribution in [0.25, 0.3) is 0 Å². The van der Waals surface area contributed by atoms with E-state index in [0.717, 1.165) is 5.56 Å². The standard InChI is InChI=1S/C17H20N2O5S2/c20-15(6-7-16(21)22)18-17-19(9-8-12-4-2-1-3-5-12)13-10-26(23,24)11-14(13)25-17/h1-5,13-14H,6-11H2,(H,21,22)/t13-,14+/m1/s1. The monoisotopic (exact) mass is 396 g/mol. The second-order valence-electron chi connectivity index (χ2n) is 6.41. The molecule has 9 heteroatoms. The number of carbonyl (C=O) groups is 2. The maximum atomic E-state index is 12.0. The van der Waals surface area contributed by atoms with Gasteiger partial charge in [-0.25, -0.2) is 8.42 Å². The van der Waals surface area contributed by atoms with Crippen LogP contribution in [0.3, 0.4) is 0 Å². The Hall–Kier alpha value is -1.87. The first-order valence-electron chi connectivity index (χ1n) is 8.35. The van der Waals surface area contributed by atoms with Gasteiger partial charge in [0.15, 0.2) is 15.0 Å². The Bertz CT molecular complexity index is 823.